The molecule has 4 aromatic rings. The number of likely N-dealkylation sites (tertiary alicyclic amines) is 1. The van der Waals surface area contributed by atoms with Crippen molar-refractivity contribution in [2.75, 3.05) is 43.9 Å². The van der Waals surface area contributed by atoms with E-state index in [1.807, 2.05) is 24.9 Å². The van der Waals surface area contributed by atoms with Crippen molar-refractivity contribution in [3.8, 4) is 23.2 Å². The van der Waals surface area contributed by atoms with Crippen molar-refractivity contribution in [1.29, 1.82) is 5.26 Å². The summed E-state index contributed by atoms with van der Waals surface area (Å²) in [5.41, 5.74) is 6.50. The summed E-state index contributed by atoms with van der Waals surface area (Å²) in [7, 11) is 1.85. The van der Waals surface area contributed by atoms with Gasteiger partial charge in [-0.1, -0.05) is 12.6 Å². The van der Waals surface area contributed by atoms with Gasteiger partial charge in [-0.25, -0.2) is 13.2 Å². The molecule has 2 N–H and O–H groups in total. The summed E-state index contributed by atoms with van der Waals surface area (Å²) >= 11 is 0.942. The quantitative estimate of drug-likeness (QED) is 0.247. The lowest BCUT2D eigenvalue weighted by atomic mass is 9.95. The van der Waals surface area contributed by atoms with Crippen molar-refractivity contribution in [3.05, 3.63) is 54.1 Å². The Balaban J connectivity index is 1.35. The Bertz CT molecular complexity index is 1980. The molecule has 0 unspecified atom stereocenters. The smallest absolute Gasteiger partial charge is 0.319 e. The third-order valence-electron chi connectivity index (χ3n) is 10.2. The largest absolute Gasteiger partial charge is 0.461 e. The van der Waals surface area contributed by atoms with Crippen molar-refractivity contribution in [2.24, 2.45) is 0 Å². The molecule has 5 heterocycles. The Kier molecular flexibility index (Phi) is 7.75. The van der Waals surface area contributed by atoms with E-state index in [2.05, 4.69) is 11.5 Å². The van der Waals surface area contributed by atoms with Gasteiger partial charge in [-0.15, -0.1) is 11.3 Å². The number of aromatic nitrogens is 2. The zero-order valence-corrected chi connectivity index (χ0v) is 26.9. The Morgan fingerprint density at radius 2 is 2.09 bits per heavy atom. The lowest BCUT2D eigenvalue weighted by molar-refractivity contribution is -0.126. The van der Waals surface area contributed by atoms with Crippen LogP contribution in [0.25, 0.3) is 32.1 Å². The molecule has 3 saturated heterocycles. The number of amides is 1. The number of halogens is 3. The number of fused-ring (bicyclic) bond motifs is 3. The number of thiophene rings is 1. The number of ether oxygens (including phenoxy) is 1. The zero-order chi connectivity index (χ0) is 33.2. The van der Waals surface area contributed by atoms with Gasteiger partial charge in [0.1, 0.15) is 41.3 Å². The number of likely N-dealkylation sites (N-methyl/N-ethyl adjacent to an activating group) is 1. The molecular weight excluding hydrogens is 627 g/mol. The van der Waals surface area contributed by atoms with Crippen LogP contribution in [0, 0.1) is 23.0 Å². The summed E-state index contributed by atoms with van der Waals surface area (Å²) in [5.74, 6) is -0.922. The van der Waals surface area contributed by atoms with Crippen LogP contribution in [0.1, 0.15) is 38.2 Å². The third kappa shape index (κ3) is 5.05. The summed E-state index contributed by atoms with van der Waals surface area (Å²) in [6.45, 7) is 7.49. The SMILES string of the molecule is C=CC(=O)N1CC[C@@H](N(C)c2nc(OC[C@@]34CCCN3C[C@H](F)C4)nc3cc(-c4ccc(F)c5sc(N)c(C#N)c45)c(F)cc23)[C@H]1C. The maximum absolute atomic E-state index is 16.2. The molecule has 3 aliphatic rings. The van der Waals surface area contributed by atoms with E-state index in [0.29, 0.717) is 48.2 Å². The number of carbonyl (C=O) groups excluding carboxylic acids is 1. The van der Waals surface area contributed by atoms with Crippen LogP contribution in [0.3, 0.4) is 0 Å². The summed E-state index contributed by atoms with van der Waals surface area (Å²) in [5, 5.41) is 10.6. The fraction of sp³-hybridized carbons (Fsp3) is 0.412. The van der Waals surface area contributed by atoms with Crippen molar-refractivity contribution in [2.45, 2.75) is 56.4 Å². The van der Waals surface area contributed by atoms with Crippen LogP contribution in [0.2, 0.25) is 0 Å². The number of hydrogen-bond donors (Lipinski definition) is 1. The molecule has 1 amide bonds. The minimum Gasteiger partial charge on any atom is -0.461 e. The average molecular weight is 662 g/mol. The number of anilines is 2. The summed E-state index contributed by atoms with van der Waals surface area (Å²) in [6.07, 6.45) is 3.16. The number of alkyl halides is 1. The van der Waals surface area contributed by atoms with Gasteiger partial charge in [0.25, 0.3) is 0 Å². The molecule has 0 radical (unpaired) electrons. The molecule has 7 rings (SSSR count). The van der Waals surface area contributed by atoms with Crippen LogP contribution in [0.5, 0.6) is 6.01 Å². The molecular formula is C34H34F3N7O2S. The van der Waals surface area contributed by atoms with Gasteiger partial charge in [-0.05, 0) is 62.6 Å². The van der Waals surface area contributed by atoms with Gasteiger partial charge < -0.3 is 20.3 Å². The van der Waals surface area contributed by atoms with Gasteiger partial charge in [0.05, 0.1) is 27.4 Å². The van der Waals surface area contributed by atoms with E-state index in [4.69, 9.17) is 20.4 Å². The van der Waals surface area contributed by atoms with E-state index >= 15 is 4.39 Å². The van der Waals surface area contributed by atoms with Gasteiger partial charge >= 0.3 is 6.01 Å². The van der Waals surface area contributed by atoms with Crippen LogP contribution < -0.4 is 15.4 Å². The molecule has 0 aliphatic carbocycles. The number of nitrogens with two attached hydrogens (primary N) is 1. The van der Waals surface area contributed by atoms with E-state index in [-0.39, 0.29) is 56.8 Å². The van der Waals surface area contributed by atoms with Gasteiger partial charge in [-0.2, -0.15) is 15.2 Å². The number of rotatable bonds is 7. The summed E-state index contributed by atoms with van der Waals surface area (Å²) in [4.78, 5) is 27.8. The van der Waals surface area contributed by atoms with Crippen molar-refractivity contribution >= 4 is 49.1 Å². The second kappa shape index (κ2) is 11.7. The van der Waals surface area contributed by atoms with Crippen molar-refractivity contribution in [3.63, 3.8) is 0 Å². The van der Waals surface area contributed by atoms with Crippen LogP contribution >= 0.6 is 11.3 Å². The second-order valence-electron chi connectivity index (χ2n) is 12.7. The molecule has 0 bridgehead atoms. The molecule has 0 saturated carbocycles. The Hall–Kier alpha value is -4.41. The van der Waals surface area contributed by atoms with Gasteiger partial charge in [0.15, 0.2) is 0 Å². The Morgan fingerprint density at radius 1 is 1.28 bits per heavy atom. The summed E-state index contributed by atoms with van der Waals surface area (Å²) < 4.78 is 52.0. The first-order valence-electron chi connectivity index (χ1n) is 15.6. The molecule has 2 aromatic carbocycles. The highest BCUT2D eigenvalue weighted by molar-refractivity contribution is 7.23. The van der Waals surface area contributed by atoms with E-state index in [0.717, 1.165) is 30.7 Å². The highest BCUT2D eigenvalue weighted by Crippen LogP contribution is 2.44. The zero-order valence-electron chi connectivity index (χ0n) is 26.1. The second-order valence-corrected chi connectivity index (χ2v) is 13.8. The predicted molar refractivity (Wildman–Crippen MR) is 176 cm³/mol. The molecule has 3 fully saturated rings. The average Bonchev–Trinajstić information content (AvgIpc) is 3.79. The van der Waals surface area contributed by atoms with Crippen LogP contribution in [0.15, 0.2) is 36.9 Å². The lowest BCUT2D eigenvalue weighted by Crippen LogP contribution is -2.44. The third-order valence-corrected chi connectivity index (χ3v) is 11.2. The number of carbonyl (C=O) groups is 1. The van der Waals surface area contributed by atoms with Gasteiger partial charge in [0, 0.05) is 48.9 Å². The normalized spacial score (nSPS) is 24.2. The summed E-state index contributed by atoms with van der Waals surface area (Å²) in [6, 6.07) is 7.33. The Labute approximate surface area is 274 Å². The molecule has 13 heteroatoms. The van der Waals surface area contributed by atoms with E-state index < -0.39 is 23.3 Å². The fourth-order valence-electron chi connectivity index (χ4n) is 7.85. The lowest BCUT2D eigenvalue weighted by Gasteiger charge is -2.33. The van der Waals surface area contributed by atoms with Crippen LogP contribution in [-0.4, -0.2) is 82.8 Å². The maximum Gasteiger partial charge on any atom is 0.319 e. The molecule has 3 aliphatic heterocycles. The number of hydrogen-bond acceptors (Lipinski definition) is 9. The molecule has 2 aromatic heterocycles. The highest BCUT2D eigenvalue weighted by atomic mass is 32.1. The first-order chi connectivity index (χ1) is 22.5. The number of nitrogens with zero attached hydrogens (tertiary/aromatic N) is 6. The molecule has 9 nitrogen and oxygen atoms in total. The van der Waals surface area contributed by atoms with Crippen molar-refractivity contribution in [1.82, 2.24) is 19.8 Å². The van der Waals surface area contributed by atoms with Gasteiger partial charge in [-0.3, -0.25) is 9.69 Å². The molecule has 0 spiro atoms. The first kappa shape index (κ1) is 31.2. The van der Waals surface area contributed by atoms with E-state index in [9.17, 15) is 18.8 Å². The fourth-order valence-corrected chi connectivity index (χ4v) is 8.80. The van der Waals surface area contributed by atoms with Crippen molar-refractivity contribution < 1.29 is 22.7 Å². The monoisotopic (exact) mass is 661 g/mol. The molecule has 47 heavy (non-hydrogen) atoms. The number of benzene rings is 2. The van der Waals surface area contributed by atoms with E-state index in [1.165, 1.54) is 24.3 Å². The molecule has 4 atom stereocenters. The van der Waals surface area contributed by atoms with Gasteiger partial charge in [0.2, 0.25) is 5.91 Å². The number of nitriles is 1. The Morgan fingerprint density at radius 3 is 2.85 bits per heavy atom. The van der Waals surface area contributed by atoms with E-state index in [1.54, 1.807) is 11.0 Å². The minimum atomic E-state index is -0.925. The topological polar surface area (TPSA) is 112 Å². The standard InChI is InChI=1S/C34H34F3N7O2S/c1-4-28(45)44-11-8-27(18(44)2)42(3)32-22-12-25(37)21(20-6-7-24(36)30-29(20)23(15-38)31(39)47-30)13-26(22)40-33(41-32)46-17-34-9-5-10-43(34)16-19(35)14-34/h4,6-7,12-13,18-19,27H,1,5,8-11,14,16-17,39H2,2-3H3/t18-,19-,27-,34+/m1/s1. The predicted octanol–water partition coefficient (Wildman–Crippen LogP) is 5.81. The molecule has 244 valence electrons. The number of nitrogen functional groups attached to an aromatic ring is 1. The van der Waals surface area contributed by atoms with Crippen LogP contribution in [0.4, 0.5) is 24.0 Å². The van der Waals surface area contributed by atoms with Crippen LogP contribution in [-0.2, 0) is 4.79 Å². The first-order valence-corrected chi connectivity index (χ1v) is 16.5. The minimum absolute atomic E-state index is 0.0619. The highest BCUT2D eigenvalue weighted by Gasteiger charge is 2.49. The maximum atomic E-state index is 16.2.